The number of ether oxygens (including phenoxy) is 1. The minimum absolute atomic E-state index is 0.00211. The number of nitrogens with zero attached hydrogens (tertiary/aromatic N) is 4. The third-order valence-electron chi connectivity index (χ3n) is 8.64. The van der Waals surface area contributed by atoms with Gasteiger partial charge in [0.05, 0.1) is 31.0 Å². The van der Waals surface area contributed by atoms with E-state index >= 15 is 0 Å². The van der Waals surface area contributed by atoms with Crippen LogP contribution in [0.2, 0.25) is 0 Å². The molecule has 6 rings (SSSR count). The zero-order chi connectivity index (χ0) is 31.0. The Balaban J connectivity index is 1.39. The lowest BCUT2D eigenvalue weighted by Crippen LogP contribution is -2.36. The Morgan fingerprint density at radius 3 is 2.34 bits per heavy atom. The van der Waals surface area contributed by atoms with E-state index in [1.807, 2.05) is 51.2 Å². The van der Waals surface area contributed by atoms with Crippen molar-refractivity contribution in [1.82, 2.24) is 14.9 Å². The summed E-state index contributed by atoms with van der Waals surface area (Å²) in [5.41, 5.74) is 9.50. The average molecular weight is 609 g/mol. The second kappa shape index (κ2) is 12.4. The van der Waals surface area contributed by atoms with Crippen LogP contribution < -0.4 is 20.4 Å². The number of morpholine rings is 1. The van der Waals surface area contributed by atoms with Crippen molar-refractivity contribution in [3.63, 3.8) is 0 Å². The highest BCUT2D eigenvalue weighted by molar-refractivity contribution is 7.80. The third-order valence-corrected chi connectivity index (χ3v) is 8.96. The van der Waals surface area contributed by atoms with Gasteiger partial charge in [0.25, 0.3) is 0 Å². The van der Waals surface area contributed by atoms with Gasteiger partial charge in [0.2, 0.25) is 5.91 Å². The molecule has 0 aliphatic carbocycles. The molecule has 2 atom stereocenters. The number of pyridine rings is 1. The second-order valence-corrected chi connectivity index (χ2v) is 12.3. The number of hydrogen-bond acceptors (Lipinski definition) is 5. The number of hydrogen-bond donors (Lipinski definition) is 2. The quantitative estimate of drug-likeness (QED) is 0.235. The van der Waals surface area contributed by atoms with Crippen molar-refractivity contribution in [2.75, 3.05) is 41.4 Å². The van der Waals surface area contributed by atoms with Crippen molar-refractivity contribution >= 4 is 40.3 Å². The first-order chi connectivity index (χ1) is 21.2. The lowest BCUT2D eigenvalue weighted by Gasteiger charge is -2.29. The van der Waals surface area contributed by atoms with Gasteiger partial charge in [-0.1, -0.05) is 19.9 Å². The zero-order valence-electron chi connectivity index (χ0n) is 26.0. The Morgan fingerprint density at radius 1 is 0.977 bits per heavy atom. The first-order valence-electron chi connectivity index (χ1n) is 15.3. The van der Waals surface area contributed by atoms with Gasteiger partial charge in [0.15, 0.2) is 5.11 Å². The number of nitrogens with one attached hydrogen (secondary N) is 2. The number of anilines is 3. The van der Waals surface area contributed by atoms with Crippen LogP contribution in [0, 0.1) is 26.7 Å². The summed E-state index contributed by atoms with van der Waals surface area (Å²) < 4.78 is 7.86. The zero-order valence-corrected chi connectivity index (χ0v) is 26.8. The Labute approximate surface area is 265 Å². The van der Waals surface area contributed by atoms with E-state index in [-0.39, 0.29) is 23.9 Å². The highest BCUT2D eigenvalue weighted by Crippen LogP contribution is 2.44. The normalized spacial score (nSPS) is 18.5. The maximum Gasteiger partial charge on any atom is 0.226 e. The van der Waals surface area contributed by atoms with E-state index in [9.17, 15) is 4.79 Å². The van der Waals surface area contributed by atoms with Gasteiger partial charge < -0.3 is 29.7 Å². The van der Waals surface area contributed by atoms with Crippen LogP contribution in [-0.4, -0.2) is 46.9 Å². The molecular formula is C35H40N6O2S. The molecule has 4 heterocycles. The summed E-state index contributed by atoms with van der Waals surface area (Å²) in [4.78, 5) is 21.7. The molecule has 2 aliphatic heterocycles. The molecule has 228 valence electrons. The highest BCUT2D eigenvalue weighted by atomic mass is 32.1. The molecule has 4 aromatic rings. The number of rotatable bonds is 7. The molecular weight excluding hydrogens is 568 g/mol. The van der Waals surface area contributed by atoms with Gasteiger partial charge >= 0.3 is 0 Å². The number of amides is 1. The molecule has 0 spiro atoms. The summed E-state index contributed by atoms with van der Waals surface area (Å²) in [5, 5.41) is 7.28. The van der Waals surface area contributed by atoms with Crippen molar-refractivity contribution < 1.29 is 9.53 Å². The first kappa shape index (κ1) is 29.8. The fraction of sp³-hybridized carbons (Fsp3) is 0.343. The molecule has 0 saturated carbocycles. The average Bonchev–Trinajstić information content (AvgIpc) is 3.53. The molecule has 9 heteroatoms. The molecule has 2 N–H and O–H groups in total. The van der Waals surface area contributed by atoms with Gasteiger partial charge in [-0.25, -0.2) is 0 Å². The second-order valence-electron chi connectivity index (χ2n) is 11.9. The van der Waals surface area contributed by atoms with Crippen LogP contribution in [0.4, 0.5) is 17.1 Å². The minimum atomic E-state index is -0.151. The van der Waals surface area contributed by atoms with E-state index in [0.717, 1.165) is 66.0 Å². The van der Waals surface area contributed by atoms with Crippen LogP contribution in [0.5, 0.6) is 0 Å². The Morgan fingerprint density at radius 2 is 1.68 bits per heavy atom. The van der Waals surface area contributed by atoms with Gasteiger partial charge in [-0.2, -0.15) is 0 Å². The summed E-state index contributed by atoms with van der Waals surface area (Å²) in [6, 6.07) is 22.9. The van der Waals surface area contributed by atoms with E-state index in [1.165, 1.54) is 11.3 Å². The SMILES string of the molecule is Cc1cc(N2C(=S)N[C@@H](c3ccccn3)[C@H]2c2cc(C)n(-c3ccc(N4CCOCC4)cc3)c2C)ccc1NC(=O)C(C)C. The van der Waals surface area contributed by atoms with Gasteiger partial charge in [-0.15, -0.1) is 0 Å². The van der Waals surface area contributed by atoms with Gasteiger partial charge in [-0.3, -0.25) is 9.78 Å². The molecule has 2 saturated heterocycles. The van der Waals surface area contributed by atoms with Crippen LogP contribution in [0.15, 0.2) is 72.9 Å². The van der Waals surface area contributed by atoms with Crippen molar-refractivity contribution in [2.24, 2.45) is 5.92 Å². The van der Waals surface area contributed by atoms with Crippen molar-refractivity contribution in [3.05, 3.63) is 101 Å². The topological polar surface area (TPSA) is 74.7 Å². The molecule has 2 aromatic carbocycles. The highest BCUT2D eigenvalue weighted by Gasteiger charge is 2.42. The van der Waals surface area contributed by atoms with Crippen molar-refractivity contribution in [3.8, 4) is 5.69 Å². The lowest BCUT2D eigenvalue weighted by atomic mass is 9.96. The lowest BCUT2D eigenvalue weighted by molar-refractivity contribution is -0.118. The van der Waals surface area contributed by atoms with Crippen molar-refractivity contribution in [2.45, 2.75) is 46.7 Å². The van der Waals surface area contributed by atoms with Crippen LogP contribution >= 0.6 is 12.2 Å². The monoisotopic (exact) mass is 608 g/mol. The predicted octanol–water partition coefficient (Wildman–Crippen LogP) is 6.41. The Bertz CT molecular complexity index is 1660. The van der Waals surface area contributed by atoms with Crippen LogP contribution in [0.1, 0.15) is 54.1 Å². The Kier molecular flexibility index (Phi) is 8.42. The standard InChI is InChI=1S/C35H40N6O2S/c1-22(2)34(42)37-30-14-13-28(20-23(30)3)41-33(32(38-35(41)44)31-8-6-7-15-36-31)29-21-24(4)40(25(29)5)27-11-9-26(10-12-27)39-16-18-43-19-17-39/h6-15,20-22,32-33H,16-19H2,1-5H3,(H,37,42)(H,38,44)/t32-,33+/m0/s1. The van der Waals surface area contributed by atoms with E-state index in [2.05, 4.69) is 81.3 Å². The number of carbonyl (C=O) groups excluding carboxylic acids is 1. The van der Waals surface area contributed by atoms with Crippen LogP contribution in [0.25, 0.3) is 5.69 Å². The first-order valence-corrected chi connectivity index (χ1v) is 15.7. The molecule has 2 aliphatic rings. The maximum atomic E-state index is 12.4. The van der Waals surface area contributed by atoms with Gasteiger partial charge in [0.1, 0.15) is 0 Å². The fourth-order valence-electron chi connectivity index (χ4n) is 6.28. The van der Waals surface area contributed by atoms with E-state index < -0.39 is 0 Å². The van der Waals surface area contributed by atoms with E-state index in [4.69, 9.17) is 21.9 Å². The number of benzene rings is 2. The molecule has 8 nitrogen and oxygen atoms in total. The van der Waals surface area contributed by atoms with Crippen LogP contribution in [0.3, 0.4) is 0 Å². The molecule has 2 fully saturated rings. The van der Waals surface area contributed by atoms with E-state index in [0.29, 0.717) is 5.11 Å². The largest absolute Gasteiger partial charge is 0.378 e. The van der Waals surface area contributed by atoms with Gasteiger partial charge in [-0.05, 0) is 105 Å². The Hall–Kier alpha value is -4.21. The number of carbonyl (C=O) groups is 1. The molecule has 0 bridgehead atoms. The number of aryl methyl sites for hydroxylation is 2. The number of aromatic nitrogens is 2. The van der Waals surface area contributed by atoms with Gasteiger partial charge in [0, 0.05) is 59.3 Å². The molecule has 0 radical (unpaired) electrons. The summed E-state index contributed by atoms with van der Waals surface area (Å²) in [6.07, 6.45) is 1.83. The predicted molar refractivity (Wildman–Crippen MR) is 181 cm³/mol. The summed E-state index contributed by atoms with van der Waals surface area (Å²) in [5.74, 6) is -0.100. The smallest absolute Gasteiger partial charge is 0.226 e. The summed E-state index contributed by atoms with van der Waals surface area (Å²) in [6.45, 7) is 13.5. The fourth-order valence-corrected chi connectivity index (χ4v) is 6.63. The third kappa shape index (κ3) is 5.69. The minimum Gasteiger partial charge on any atom is -0.378 e. The van der Waals surface area contributed by atoms with Crippen LogP contribution in [-0.2, 0) is 9.53 Å². The summed E-state index contributed by atoms with van der Waals surface area (Å²) >= 11 is 6.01. The number of thiocarbonyl (C=S) groups is 1. The van der Waals surface area contributed by atoms with Crippen molar-refractivity contribution in [1.29, 1.82) is 0 Å². The summed E-state index contributed by atoms with van der Waals surface area (Å²) in [7, 11) is 0. The molecule has 2 aromatic heterocycles. The molecule has 44 heavy (non-hydrogen) atoms. The molecule has 0 unspecified atom stereocenters. The molecule has 1 amide bonds. The maximum absolute atomic E-state index is 12.4. The van der Waals surface area contributed by atoms with E-state index in [1.54, 1.807) is 0 Å².